The van der Waals surface area contributed by atoms with E-state index in [4.69, 9.17) is 9.47 Å². The molecule has 0 radical (unpaired) electrons. The molecular weight excluding hydrogens is 306 g/mol. The van der Waals surface area contributed by atoms with Gasteiger partial charge in [0.25, 0.3) is 5.56 Å². The summed E-state index contributed by atoms with van der Waals surface area (Å²) in [6.45, 7) is 9.36. The van der Waals surface area contributed by atoms with Crippen molar-refractivity contribution in [3.63, 3.8) is 0 Å². The fraction of sp³-hybridized carbons (Fsp3) is 0.474. The Morgan fingerprint density at radius 2 is 1.88 bits per heavy atom. The standard InChI is InChI=1S/C19H25NO4/c1-6-13(4)24-19(22)14(5)20-10-9-15-11-16(23-12(2)3)7-8-17(15)18(20)21/h7-14H,6H2,1-5H3. The summed E-state index contributed by atoms with van der Waals surface area (Å²) < 4.78 is 12.4. The van der Waals surface area contributed by atoms with Crippen molar-refractivity contribution in [3.8, 4) is 5.75 Å². The summed E-state index contributed by atoms with van der Waals surface area (Å²) >= 11 is 0. The lowest BCUT2D eigenvalue weighted by Crippen LogP contribution is -2.30. The number of hydrogen-bond donors (Lipinski definition) is 0. The normalized spacial score (nSPS) is 13.8. The van der Waals surface area contributed by atoms with Crippen molar-refractivity contribution < 1.29 is 14.3 Å². The van der Waals surface area contributed by atoms with Crippen LogP contribution in [0.5, 0.6) is 5.75 Å². The number of benzene rings is 1. The van der Waals surface area contributed by atoms with E-state index in [9.17, 15) is 9.59 Å². The molecule has 2 rings (SSSR count). The van der Waals surface area contributed by atoms with Crippen molar-refractivity contribution in [2.75, 3.05) is 0 Å². The minimum absolute atomic E-state index is 0.0677. The molecule has 2 atom stereocenters. The Hall–Kier alpha value is -2.30. The summed E-state index contributed by atoms with van der Waals surface area (Å²) in [6.07, 6.45) is 2.28. The second-order valence-corrected chi connectivity index (χ2v) is 6.28. The third-order valence-corrected chi connectivity index (χ3v) is 3.93. The first-order valence-corrected chi connectivity index (χ1v) is 8.35. The number of carbonyl (C=O) groups is 1. The maximum Gasteiger partial charge on any atom is 0.329 e. The molecule has 0 spiro atoms. The molecule has 1 aromatic heterocycles. The molecule has 0 saturated heterocycles. The number of fused-ring (bicyclic) bond motifs is 1. The van der Waals surface area contributed by atoms with Gasteiger partial charge >= 0.3 is 5.97 Å². The van der Waals surface area contributed by atoms with E-state index in [0.717, 1.165) is 17.6 Å². The molecule has 1 aromatic carbocycles. The zero-order chi connectivity index (χ0) is 17.9. The SMILES string of the molecule is CCC(C)OC(=O)C(C)n1ccc2cc(OC(C)C)ccc2c1=O. The summed E-state index contributed by atoms with van der Waals surface area (Å²) in [4.78, 5) is 24.9. The Bertz CT molecular complexity index is 779. The van der Waals surface area contributed by atoms with Crippen LogP contribution in [-0.2, 0) is 9.53 Å². The number of rotatable bonds is 6. The van der Waals surface area contributed by atoms with Gasteiger partial charge < -0.3 is 14.0 Å². The lowest BCUT2D eigenvalue weighted by Gasteiger charge is -2.18. The van der Waals surface area contributed by atoms with Gasteiger partial charge in [-0.15, -0.1) is 0 Å². The average Bonchev–Trinajstić information content (AvgIpc) is 2.53. The molecular formula is C19H25NO4. The van der Waals surface area contributed by atoms with Crippen LogP contribution in [0.2, 0.25) is 0 Å². The molecule has 0 bridgehead atoms. The second-order valence-electron chi connectivity index (χ2n) is 6.28. The minimum Gasteiger partial charge on any atom is -0.491 e. The van der Waals surface area contributed by atoms with E-state index >= 15 is 0 Å². The van der Waals surface area contributed by atoms with Crippen LogP contribution in [0.15, 0.2) is 35.3 Å². The van der Waals surface area contributed by atoms with E-state index < -0.39 is 12.0 Å². The summed E-state index contributed by atoms with van der Waals surface area (Å²) in [5.74, 6) is 0.324. The fourth-order valence-corrected chi connectivity index (χ4v) is 2.38. The topological polar surface area (TPSA) is 57.5 Å². The van der Waals surface area contributed by atoms with Gasteiger partial charge in [0, 0.05) is 11.6 Å². The maximum absolute atomic E-state index is 12.7. The highest BCUT2D eigenvalue weighted by Gasteiger charge is 2.20. The highest BCUT2D eigenvalue weighted by Crippen LogP contribution is 2.20. The Kier molecular flexibility index (Phi) is 5.65. The van der Waals surface area contributed by atoms with Gasteiger partial charge in [0.15, 0.2) is 0 Å². The van der Waals surface area contributed by atoms with Crippen LogP contribution >= 0.6 is 0 Å². The van der Waals surface area contributed by atoms with E-state index in [1.54, 1.807) is 25.3 Å². The van der Waals surface area contributed by atoms with Crippen molar-refractivity contribution in [1.82, 2.24) is 4.57 Å². The number of hydrogen-bond acceptors (Lipinski definition) is 4. The lowest BCUT2D eigenvalue weighted by molar-refractivity contribution is -0.151. The van der Waals surface area contributed by atoms with Gasteiger partial charge in [-0.3, -0.25) is 4.79 Å². The molecule has 0 aliphatic rings. The number of aromatic nitrogens is 1. The van der Waals surface area contributed by atoms with Crippen LogP contribution in [0, 0.1) is 0 Å². The smallest absolute Gasteiger partial charge is 0.329 e. The van der Waals surface area contributed by atoms with Crippen LogP contribution in [0.25, 0.3) is 10.8 Å². The molecule has 0 N–H and O–H groups in total. The van der Waals surface area contributed by atoms with Crippen LogP contribution in [0.3, 0.4) is 0 Å². The van der Waals surface area contributed by atoms with Gasteiger partial charge in [0.1, 0.15) is 11.8 Å². The van der Waals surface area contributed by atoms with Crippen LogP contribution < -0.4 is 10.3 Å². The number of pyridine rings is 1. The molecule has 5 nitrogen and oxygen atoms in total. The monoisotopic (exact) mass is 331 g/mol. The third-order valence-electron chi connectivity index (χ3n) is 3.93. The maximum atomic E-state index is 12.7. The molecule has 1 heterocycles. The molecule has 130 valence electrons. The molecule has 0 aliphatic carbocycles. The van der Waals surface area contributed by atoms with E-state index in [0.29, 0.717) is 5.39 Å². The van der Waals surface area contributed by atoms with E-state index in [1.165, 1.54) is 4.57 Å². The Morgan fingerprint density at radius 1 is 1.17 bits per heavy atom. The molecule has 5 heteroatoms. The second kappa shape index (κ2) is 7.51. The highest BCUT2D eigenvalue weighted by atomic mass is 16.5. The van der Waals surface area contributed by atoms with Gasteiger partial charge in [0.2, 0.25) is 0 Å². The number of nitrogens with zero attached hydrogens (tertiary/aromatic N) is 1. The molecule has 2 aromatic rings. The van der Waals surface area contributed by atoms with E-state index in [2.05, 4.69) is 0 Å². The first-order chi connectivity index (χ1) is 11.3. The van der Waals surface area contributed by atoms with Crippen molar-refractivity contribution >= 4 is 16.7 Å². The molecule has 2 unspecified atom stereocenters. The van der Waals surface area contributed by atoms with Gasteiger partial charge in [-0.25, -0.2) is 4.79 Å². The van der Waals surface area contributed by atoms with Crippen molar-refractivity contribution in [1.29, 1.82) is 0 Å². The van der Waals surface area contributed by atoms with Crippen LogP contribution in [0.1, 0.15) is 47.1 Å². The lowest BCUT2D eigenvalue weighted by atomic mass is 10.1. The van der Waals surface area contributed by atoms with Gasteiger partial charge in [-0.05, 0) is 63.8 Å². The van der Waals surface area contributed by atoms with Gasteiger partial charge in [0.05, 0.1) is 12.2 Å². The third kappa shape index (κ3) is 3.96. The Morgan fingerprint density at radius 3 is 2.50 bits per heavy atom. The zero-order valence-electron chi connectivity index (χ0n) is 14.9. The fourth-order valence-electron chi connectivity index (χ4n) is 2.38. The van der Waals surface area contributed by atoms with Gasteiger partial charge in [-0.2, -0.15) is 0 Å². The average molecular weight is 331 g/mol. The minimum atomic E-state index is -0.664. The molecule has 0 saturated carbocycles. The van der Waals surface area contributed by atoms with Crippen LogP contribution in [-0.4, -0.2) is 22.7 Å². The Balaban J connectivity index is 2.34. The summed E-state index contributed by atoms with van der Waals surface area (Å²) in [6, 6.07) is 6.50. The van der Waals surface area contributed by atoms with E-state index in [1.807, 2.05) is 39.8 Å². The predicted molar refractivity (Wildman–Crippen MR) is 94.5 cm³/mol. The van der Waals surface area contributed by atoms with Crippen molar-refractivity contribution in [2.45, 2.75) is 59.3 Å². The Labute approximate surface area is 142 Å². The highest BCUT2D eigenvalue weighted by molar-refractivity contribution is 5.83. The number of ether oxygens (including phenoxy) is 2. The largest absolute Gasteiger partial charge is 0.491 e. The molecule has 24 heavy (non-hydrogen) atoms. The summed E-state index contributed by atoms with van der Waals surface area (Å²) in [7, 11) is 0. The summed E-state index contributed by atoms with van der Waals surface area (Å²) in [5.41, 5.74) is -0.211. The van der Waals surface area contributed by atoms with Crippen molar-refractivity contribution in [2.24, 2.45) is 0 Å². The first-order valence-electron chi connectivity index (χ1n) is 8.35. The van der Waals surface area contributed by atoms with Crippen molar-refractivity contribution in [3.05, 3.63) is 40.8 Å². The first kappa shape index (κ1) is 18.0. The number of esters is 1. The predicted octanol–water partition coefficient (Wildman–Crippen LogP) is 3.69. The molecule has 0 fully saturated rings. The van der Waals surface area contributed by atoms with Crippen LogP contribution in [0.4, 0.5) is 0 Å². The zero-order valence-corrected chi connectivity index (χ0v) is 14.9. The summed E-state index contributed by atoms with van der Waals surface area (Å²) in [5, 5.41) is 1.34. The molecule has 0 aliphatic heterocycles. The van der Waals surface area contributed by atoms with E-state index in [-0.39, 0.29) is 17.8 Å². The van der Waals surface area contributed by atoms with Gasteiger partial charge in [-0.1, -0.05) is 6.92 Å². The number of carbonyl (C=O) groups excluding carboxylic acids is 1. The molecule has 0 amide bonds. The quantitative estimate of drug-likeness (QED) is 0.758.